The molecule has 4 aliphatic rings. The van der Waals surface area contributed by atoms with Crippen molar-refractivity contribution in [1.29, 1.82) is 0 Å². The minimum Gasteiger partial charge on any atom is -0.508 e. The number of fused-ring (bicyclic) bond motifs is 5. The monoisotopic (exact) mass is 980 g/mol. The largest absolute Gasteiger partial charge is 0.508 e. The normalized spacial score (nSPS) is 31.0. The highest BCUT2D eigenvalue weighted by atomic mass is 33.5. The van der Waals surface area contributed by atoms with Crippen LogP contribution in [0.15, 0.2) is 65.5 Å². The van der Waals surface area contributed by atoms with Gasteiger partial charge in [-0.05, 0) is 65.7 Å². The number of carbonyl (C=O) groups is 3. The Hall–Kier alpha value is -4.00. The van der Waals surface area contributed by atoms with Gasteiger partial charge in [-0.25, -0.2) is 4.79 Å². The predicted octanol–water partition coefficient (Wildman–Crippen LogP) is 5.19. The van der Waals surface area contributed by atoms with Crippen LogP contribution in [0.2, 0.25) is 0 Å². The Labute approximate surface area is 398 Å². The van der Waals surface area contributed by atoms with E-state index in [1.165, 1.54) is 55.8 Å². The minimum atomic E-state index is -2.04. The maximum Gasteiger partial charge on any atom is 0.411 e. The Morgan fingerprint density at radius 1 is 1.14 bits per heavy atom. The SMILES string of the molecule is COC(=O)NC1=C2/C(=C\CSSSC)[C@](O)(C#C/C=C\C#C[C@@H]2O[C@H]2O[C@H](C)[C@@](SC)(C(=O)c3nccc4c3[nH]c3ccc(O)cc34)[C@H](O)[C@H]2O[C@H]2C[C@H](OC)[C@@H](NC(C)C)CO2)CC1=O. The molecule has 6 N–H and O–H groups in total. The maximum atomic E-state index is 15.3. The Morgan fingerprint density at radius 3 is 2.65 bits per heavy atom. The van der Waals surface area contributed by atoms with Gasteiger partial charge < -0.3 is 54.0 Å². The second kappa shape index (κ2) is 21.5. The first-order valence-electron chi connectivity index (χ1n) is 21.0. The molecular weight excluding hydrogens is 929 g/mol. The third-order valence-electron chi connectivity index (χ3n) is 11.7. The van der Waals surface area contributed by atoms with Gasteiger partial charge in [-0.15, -0.1) is 11.8 Å². The number of ketones is 2. The molecule has 1 amide bonds. The average Bonchev–Trinajstić information content (AvgIpc) is 3.66. The smallest absolute Gasteiger partial charge is 0.411 e. The lowest BCUT2D eigenvalue weighted by Crippen LogP contribution is -2.69. The van der Waals surface area contributed by atoms with E-state index in [2.05, 4.69) is 44.3 Å². The van der Waals surface area contributed by atoms with Crippen LogP contribution in [-0.4, -0.2) is 148 Å². The summed E-state index contributed by atoms with van der Waals surface area (Å²) in [6, 6.07) is 6.49. The molecule has 20 heteroatoms. The molecule has 0 radical (unpaired) electrons. The van der Waals surface area contributed by atoms with E-state index in [4.69, 9.17) is 28.4 Å². The topological polar surface area (TPSA) is 220 Å². The van der Waals surface area contributed by atoms with Crippen LogP contribution in [0.25, 0.3) is 21.8 Å². The molecule has 352 valence electrons. The van der Waals surface area contributed by atoms with E-state index in [0.717, 1.165) is 18.9 Å². The predicted molar refractivity (Wildman–Crippen MR) is 257 cm³/mol. The molecule has 10 atom stereocenters. The first-order valence-corrected chi connectivity index (χ1v) is 26.3. The zero-order valence-electron chi connectivity index (χ0n) is 37.2. The Bertz CT molecular complexity index is 2560. The number of nitrogens with zero attached hydrogens (tertiary/aromatic N) is 1. The number of benzene rings is 1. The third kappa shape index (κ3) is 10.1. The molecule has 0 unspecified atom stereocenters. The number of carbonyl (C=O) groups excluding carboxylic acids is 3. The molecule has 2 aromatic heterocycles. The fourth-order valence-electron chi connectivity index (χ4n) is 8.73. The number of ether oxygens (including phenoxy) is 6. The molecule has 1 aromatic carbocycles. The Balaban J connectivity index is 1.35. The fourth-order valence-corrected chi connectivity index (χ4v) is 12.2. The lowest BCUT2D eigenvalue weighted by Gasteiger charge is -2.51. The van der Waals surface area contributed by atoms with E-state index < -0.39 is 71.4 Å². The van der Waals surface area contributed by atoms with Crippen molar-refractivity contribution in [2.45, 2.75) is 99.1 Å². The van der Waals surface area contributed by atoms with Crippen molar-refractivity contribution >= 4 is 82.6 Å². The molecule has 2 aliphatic carbocycles. The summed E-state index contributed by atoms with van der Waals surface area (Å²) in [5.41, 5.74) is -1.07. The number of H-pyrrole nitrogens is 1. The van der Waals surface area contributed by atoms with Gasteiger partial charge in [0, 0.05) is 59.0 Å². The number of methoxy groups -OCH3 is 2. The number of alkyl carbamates (subject to hydrolysis) is 1. The number of aromatic amines is 1. The van der Waals surface area contributed by atoms with Crippen LogP contribution >= 0.6 is 43.2 Å². The van der Waals surface area contributed by atoms with Gasteiger partial charge >= 0.3 is 6.09 Å². The molecule has 0 spiro atoms. The van der Waals surface area contributed by atoms with Crippen molar-refractivity contribution in [3.63, 3.8) is 0 Å². The number of aromatic hydroxyl groups is 1. The molecule has 2 saturated heterocycles. The number of phenols is 1. The first-order chi connectivity index (χ1) is 31.7. The average molecular weight is 981 g/mol. The number of thioether (sulfide) groups is 1. The lowest BCUT2D eigenvalue weighted by atomic mass is 9.75. The van der Waals surface area contributed by atoms with Crippen LogP contribution in [0.3, 0.4) is 0 Å². The highest BCUT2D eigenvalue weighted by Crippen LogP contribution is 2.47. The van der Waals surface area contributed by atoms with E-state index in [1.54, 1.807) is 44.6 Å². The second-order valence-corrected chi connectivity index (χ2v) is 21.5. The molecule has 3 aromatic rings. The van der Waals surface area contributed by atoms with Crippen molar-refractivity contribution in [3.05, 3.63) is 71.2 Å². The summed E-state index contributed by atoms with van der Waals surface area (Å²) >= 11 is 1.06. The second-order valence-electron chi connectivity index (χ2n) is 16.1. The summed E-state index contributed by atoms with van der Waals surface area (Å²) in [7, 11) is 7.24. The molecular formula is C46H52N4O12S4. The lowest BCUT2D eigenvalue weighted by molar-refractivity contribution is -0.323. The number of allylic oxidation sites excluding steroid dienone is 3. The van der Waals surface area contributed by atoms with Crippen LogP contribution < -0.4 is 10.6 Å². The number of hydrogen-bond acceptors (Lipinski definition) is 18. The molecule has 2 fully saturated rings. The van der Waals surface area contributed by atoms with Crippen molar-refractivity contribution in [2.24, 2.45) is 0 Å². The van der Waals surface area contributed by atoms with Crippen LogP contribution in [0, 0.1) is 23.7 Å². The van der Waals surface area contributed by atoms with E-state index in [1.807, 2.05) is 20.1 Å². The van der Waals surface area contributed by atoms with Gasteiger partial charge in [0.2, 0.25) is 5.78 Å². The van der Waals surface area contributed by atoms with Crippen LogP contribution in [0.4, 0.5) is 4.79 Å². The van der Waals surface area contributed by atoms with Gasteiger partial charge in [-0.1, -0.05) is 65.2 Å². The molecule has 2 aliphatic heterocycles. The van der Waals surface area contributed by atoms with Gasteiger partial charge in [0.05, 0.1) is 49.6 Å². The fraction of sp³-hybridized carbons (Fsp3) is 0.478. The summed E-state index contributed by atoms with van der Waals surface area (Å²) in [6.07, 6.45) is -0.292. The molecule has 16 nitrogen and oxygen atoms in total. The van der Waals surface area contributed by atoms with Crippen LogP contribution in [0.1, 0.15) is 44.1 Å². The number of aliphatic hydroxyl groups excluding tert-OH is 1. The number of aliphatic hydroxyl groups is 2. The number of Topliss-reactive ketones (excluding diaryl/α,β-unsaturated/α-hetero) is 2. The van der Waals surface area contributed by atoms with Crippen molar-refractivity contribution in [2.75, 3.05) is 39.1 Å². The highest BCUT2D eigenvalue weighted by Gasteiger charge is 2.61. The Kier molecular flexibility index (Phi) is 16.3. The summed E-state index contributed by atoms with van der Waals surface area (Å²) in [5.74, 6) is 10.7. The third-order valence-corrected chi connectivity index (χ3v) is 16.9. The van der Waals surface area contributed by atoms with E-state index >= 15 is 4.79 Å². The van der Waals surface area contributed by atoms with Crippen molar-refractivity contribution in [1.82, 2.24) is 20.6 Å². The van der Waals surface area contributed by atoms with E-state index in [-0.39, 0.29) is 59.5 Å². The number of nitrogens with one attached hydrogen (secondary N) is 3. The molecule has 0 saturated carbocycles. The van der Waals surface area contributed by atoms with Gasteiger partial charge in [-0.3, -0.25) is 19.9 Å². The van der Waals surface area contributed by atoms with E-state index in [0.29, 0.717) is 27.6 Å². The van der Waals surface area contributed by atoms with Gasteiger partial charge in [-0.2, -0.15) is 0 Å². The molecule has 7 rings (SSSR count). The number of aromatic nitrogens is 2. The summed E-state index contributed by atoms with van der Waals surface area (Å²) < 4.78 is 35.5. The quantitative estimate of drug-likeness (QED) is 0.0500. The number of rotatable bonds is 15. The van der Waals surface area contributed by atoms with Crippen molar-refractivity contribution in [3.8, 4) is 29.4 Å². The summed E-state index contributed by atoms with van der Waals surface area (Å²) in [6.45, 7) is 5.83. The maximum absolute atomic E-state index is 15.3. The number of phenolic OH excluding ortho intramolecular Hbond substituents is 1. The summed E-state index contributed by atoms with van der Waals surface area (Å²) in [4.78, 5) is 50.1. The standard InChI is InChI=1S/C46H52N4O12S4/c1-24(2)48-31-23-59-35(21-34(31)57-4)62-40-42(54)46(63-6,41(53)39-37-27(15-18-47-39)28-20-26(51)13-14-30(28)49-37)25(3)60-43(40)61-33-12-10-8-9-11-17-45(56)22-32(52)38(50-44(55)58-5)36(33)29(45)16-19-65-66-64-7/h8-9,13-16,18,20,24-25,31,33-35,40,42-43,48-49,51,54,56H,19,21-23H2,1-7H3,(H,50,55)/b9-8-,29-16+/t25-,31+,33+,34+,35+,40-,42-,43-,45+,46-/m1/s1. The van der Waals surface area contributed by atoms with Crippen molar-refractivity contribution < 1.29 is 58.1 Å². The molecule has 2 bridgehead atoms. The zero-order valence-corrected chi connectivity index (χ0v) is 40.5. The summed E-state index contributed by atoms with van der Waals surface area (Å²) in [5, 5.41) is 42.8. The van der Waals surface area contributed by atoms with Gasteiger partial charge in [0.15, 0.2) is 24.0 Å². The minimum absolute atomic E-state index is 0.00929. The highest BCUT2D eigenvalue weighted by molar-refractivity contribution is 9.09. The Morgan fingerprint density at radius 2 is 1.92 bits per heavy atom. The van der Waals surface area contributed by atoms with Crippen LogP contribution in [-0.2, 0) is 33.2 Å². The van der Waals surface area contributed by atoms with Gasteiger partial charge in [0.25, 0.3) is 0 Å². The number of pyridine rings is 1. The van der Waals surface area contributed by atoms with Gasteiger partial charge in [0.1, 0.15) is 34.5 Å². The first kappa shape index (κ1) is 49.9. The van der Waals surface area contributed by atoms with Crippen LogP contribution in [0.5, 0.6) is 5.75 Å². The number of hydrogen-bond donors (Lipinski definition) is 6. The zero-order chi connectivity index (χ0) is 47.3. The van der Waals surface area contributed by atoms with E-state index in [9.17, 15) is 24.9 Å². The number of amides is 1. The molecule has 4 heterocycles. The molecule has 66 heavy (non-hydrogen) atoms.